The highest BCUT2D eigenvalue weighted by Crippen LogP contribution is 2.28. The van der Waals surface area contributed by atoms with Gasteiger partial charge in [0, 0.05) is 11.1 Å². The maximum Gasteiger partial charge on any atom is 0.309 e. The van der Waals surface area contributed by atoms with E-state index in [2.05, 4.69) is 10.3 Å². The normalized spacial score (nSPS) is 13.2. The lowest BCUT2D eigenvalue weighted by molar-refractivity contribution is -0.139. The van der Waals surface area contributed by atoms with Crippen molar-refractivity contribution in [2.45, 2.75) is 6.42 Å². The second-order valence-corrected chi connectivity index (χ2v) is 5.55. The molecule has 1 N–H and O–H groups in total. The lowest BCUT2D eigenvalue weighted by Gasteiger charge is -2.14. The van der Waals surface area contributed by atoms with Gasteiger partial charge in [0.25, 0.3) is 0 Å². The Kier molecular flexibility index (Phi) is 4.79. The van der Waals surface area contributed by atoms with Crippen molar-refractivity contribution in [2.24, 2.45) is 4.99 Å². The maximum absolute atomic E-state index is 11.9. The van der Waals surface area contributed by atoms with Crippen molar-refractivity contribution in [3.63, 3.8) is 0 Å². The van der Waals surface area contributed by atoms with Crippen LogP contribution < -0.4 is 10.1 Å². The van der Waals surface area contributed by atoms with E-state index in [0.29, 0.717) is 17.1 Å². The maximum atomic E-state index is 11.9. The van der Waals surface area contributed by atoms with Crippen LogP contribution in [0, 0.1) is 0 Å². The molecule has 0 aromatic heterocycles. The summed E-state index contributed by atoms with van der Waals surface area (Å²) in [5.74, 6) is 0.125. The van der Waals surface area contributed by atoms with Crippen LogP contribution in [0.5, 0.6) is 5.75 Å². The van der Waals surface area contributed by atoms with Gasteiger partial charge in [0.15, 0.2) is 0 Å². The molecule has 0 spiro atoms. The third kappa shape index (κ3) is 3.52. The van der Waals surface area contributed by atoms with Gasteiger partial charge in [-0.05, 0) is 23.8 Å². The number of nitrogens with zero attached hydrogens (tertiary/aromatic N) is 1. The molecule has 0 radical (unpaired) electrons. The van der Waals surface area contributed by atoms with Crippen LogP contribution in [0.4, 0.5) is 5.69 Å². The molecule has 0 bridgehead atoms. The van der Waals surface area contributed by atoms with Crippen molar-refractivity contribution >= 4 is 23.3 Å². The number of amides is 1. The molecule has 0 atom stereocenters. The van der Waals surface area contributed by atoms with Gasteiger partial charge in [0.1, 0.15) is 12.3 Å². The average molecular weight is 338 g/mol. The number of aliphatic imine (C=N–C) groups is 1. The third-order valence-corrected chi connectivity index (χ3v) is 3.93. The molecule has 2 aromatic carbocycles. The van der Waals surface area contributed by atoms with Gasteiger partial charge in [-0.25, -0.2) is 0 Å². The van der Waals surface area contributed by atoms with E-state index in [9.17, 15) is 9.59 Å². The van der Waals surface area contributed by atoms with E-state index in [0.717, 1.165) is 16.7 Å². The number of methoxy groups -OCH3 is 2. The van der Waals surface area contributed by atoms with E-state index in [1.54, 1.807) is 13.2 Å². The summed E-state index contributed by atoms with van der Waals surface area (Å²) in [6.45, 7) is 0.0222. The summed E-state index contributed by atoms with van der Waals surface area (Å²) in [6, 6.07) is 12.9. The highest BCUT2D eigenvalue weighted by molar-refractivity contribution is 6.20. The molecular formula is C19H18N2O4. The second-order valence-electron chi connectivity index (χ2n) is 5.55. The van der Waals surface area contributed by atoms with Gasteiger partial charge in [-0.15, -0.1) is 0 Å². The molecule has 0 saturated heterocycles. The Balaban J connectivity index is 2.12. The number of esters is 1. The fourth-order valence-electron chi connectivity index (χ4n) is 2.74. The van der Waals surface area contributed by atoms with Crippen LogP contribution in [-0.4, -0.2) is 38.4 Å². The summed E-state index contributed by atoms with van der Waals surface area (Å²) in [4.78, 5) is 28.0. The first-order valence-corrected chi connectivity index (χ1v) is 7.80. The van der Waals surface area contributed by atoms with E-state index in [-0.39, 0.29) is 24.8 Å². The number of carbonyl (C=O) groups excluding carboxylic acids is 2. The third-order valence-electron chi connectivity index (χ3n) is 3.93. The summed E-state index contributed by atoms with van der Waals surface area (Å²) in [7, 11) is 2.93. The Labute approximate surface area is 145 Å². The molecule has 6 nitrogen and oxygen atoms in total. The van der Waals surface area contributed by atoms with Crippen LogP contribution in [0.1, 0.15) is 16.7 Å². The lowest BCUT2D eigenvalue weighted by Crippen LogP contribution is -2.13. The molecule has 25 heavy (non-hydrogen) atoms. The molecule has 0 saturated carbocycles. The van der Waals surface area contributed by atoms with Crippen LogP contribution >= 0.6 is 0 Å². The number of fused-ring (bicyclic) bond motifs is 1. The van der Waals surface area contributed by atoms with Gasteiger partial charge in [-0.1, -0.05) is 24.3 Å². The zero-order chi connectivity index (χ0) is 17.8. The quantitative estimate of drug-likeness (QED) is 0.867. The molecule has 1 aliphatic rings. The van der Waals surface area contributed by atoms with Gasteiger partial charge in [-0.3, -0.25) is 14.6 Å². The number of para-hydroxylation sites is 1. The molecule has 0 unspecified atom stereocenters. The summed E-state index contributed by atoms with van der Waals surface area (Å²) >= 11 is 0. The Morgan fingerprint density at radius 2 is 1.96 bits per heavy atom. The molecule has 0 fully saturated rings. The molecule has 1 amide bonds. The van der Waals surface area contributed by atoms with Crippen LogP contribution in [0.25, 0.3) is 0 Å². The summed E-state index contributed by atoms with van der Waals surface area (Å²) in [5.41, 5.74) is 3.67. The number of carbonyl (C=O) groups is 2. The minimum atomic E-state index is -0.323. The molecule has 3 rings (SSSR count). The van der Waals surface area contributed by atoms with Crippen LogP contribution in [-0.2, 0) is 20.7 Å². The van der Waals surface area contributed by atoms with Crippen molar-refractivity contribution < 1.29 is 19.1 Å². The van der Waals surface area contributed by atoms with E-state index in [1.165, 1.54) is 7.11 Å². The van der Waals surface area contributed by atoms with Crippen LogP contribution in [0.2, 0.25) is 0 Å². The summed E-state index contributed by atoms with van der Waals surface area (Å²) < 4.78 is 10.2. The smallest absolute Gasteiger partial charge is 0.309 e. The predicted molar refractivity (Wildman–Crippen MR) is 94.3 cm³/mol. The summed E-state index contributed by atoms with van der Waals surface area (Å²) in [6.07, 6.45) is 0.152. The predicted octanol–water partition coefficient (Wildman–Crippen LogP) is 2.20. The van der Waals surface area contributed by atoms with Crippen molar-refractivity contribution in [3.8, 4) is 5.75 Å². The minimum Gasteiger partial charge on any atom is -0.496 e. The number of hydrogen-bond donors (Lipinski definition) is 1. The number of rotatable bonds is 4. The number of benzodiazepines with no additional fused rings is 1. The average Bonchev–Trinajstić information content (AvgIpc) is 2.79. The number of anilines is 1. The highest BCUT2D eigenvalue weighted by atomic mass is 16.5. The number of hydrogen-bond acceptors (Lipinski definition) is 5. The topological polar surface area (TPSA) is 77.0 Å². The molecule has 1 heterocycles. The van der Waals surface area contributed by atoms with Gasteiger partial charge < -0.3 is 14.8 Å². The zero-order valence-corrected chi connectivity index (χ0v) is 14.0. The molecular weight excluding hydrogens is 320 g/mol. The number of nitrogens with one attached hydrogen (secondary N) is 1. The van der Waals surface area contributed by atoms with Crippen molar-refractivity contribution in [2.75, 3.05) is 26.1 Å². The monoisotopic (exact) mass is 338 g/mol. The van der Waals surface area contributed by atoms with E-state index in [1.807, 2.05) is 36.4 Å². The number of ether oxygens (including phenoxy) is 2. The van der Waals surface area contributed by atoms with Gasteiger partial charge in [0.2, 0.25) is 5.91 Å². The summed E-state index contributed by atoms with van der Waals surface area (Å²) in [5, 5.41) is 2.85. The first-order valence-electron chi connectivity index (χ1n) is 7.80. The van der Waals surface area contributed by atoms with E-state index in [4.69, 9.17) is 9.47 Å². The molecule has 6 heteroatoms. The van der Waals surface area contributed by atoms with E-state index < -0.39 is 0 Å². The Morgan fingerprint density at radius 3 is 2.72 bits per heavy atom. The SMILES string of the molecule is COC(=O)Cc1ccc(OC)c(C2=NCC(=O)Nc3ccccc32)c1. The second kappa shape index (κ2) is 7.17. The first kappa shape index (κ1) is 16.7. The van der Waals surface area contributed by atoms with E-state index >= 15 is 0 Å². The molecule has 0 aliphatic carbocycles. The van der Waals surface area contributed by atoms with Gasteiger partial charge in [-0.2, -0.15) is 0 Å². The fraction of sp³-hybridized carbons (Fsp3) is 0.211. The largest absolute Gasteiger partial charge is 0.496 e. The standard InChI is InChI=1S/C19H18N2O4/c1-24-16-8-7-12(10-18(23)25-2)9-14(16)19-13-5-3-4-6-15(13)21-17(22)11-20-19/h3-9H,10-11H2,1-2H3,(H,21,22). The van der Waals surface area contributed by atoms with Crippen LogP contribution in [0.15, 0.2) is 47.5 Å². The van der Waals surface area contributed by atoms with Gasteiger partial charge in [0.05, 0.1) is 32.0 Å². The van der Waals surface area contributed by atoms with Crippen molar-refractivity contribution in [3.05, 3.63) is 59.2 Å². The van der Waals surface area contributed by atoms with Gasteiger partial charge >= 0.3 is 5.97 Å². The Morgan fingerprint density at radius 1 is 1.16 bits per heavy atom. The fourth-order valence-corrected chi connectivity index (χ4v) is 2.74. The van der Waals surface area contributed by atoms with Crippen molar-refractivity contribution in [1.82, 2.24) is 0 Å². The Bertz CT molecular complexity index is 858. The highest BCUT2D eigenvalue weighted by Gasteiger charge is 2.21. The number of benzene rings is 2. The molecule has 1 aliphatic heterocycles. The van der Waals surface area contributed by atoms with Crippen molar-refractivity contribution in [1.29, 1.82) is 0 Å². The minimum absolute atomic E-state index is 0.0222. The van der Waals surface area contributed by atoms with Crippen LogP contribution in [0.3, 0.4) is 0 Å². The Hall–Kier alpha value is -3.15. The first-order chi connectivity index (χ1) is 12.1. The molecule has 128 valence electrons. The zero-order valence-electron chi connectivity index (χ0n) is 14.0. The molecule has 2 aromatic rings. The lowest BCUT2D eigenvalue weighted by atomic mass is 9.97.